The molecule has 0 aliphatic heterocycles. The van der Waals surface area contributed by atoms with Crippen molar-refractivity contribution in [1.82, 2.24) is 0 Å². The van der Waals surface area contributed by atoms with Crippen molar-refractivity contribution < 1.29 is 9.84 Å². The van der Waals surface area contributed by atoms with Crippen LogP contribution in [0.5, 0.6) is 5.75 Å². The van der Waals surface area contributed by atoms with Crippen LogP contribution in [-0.2, 0) is 6.42 Å². The highest BCUT2D eigenvalue weighted by molar-refractivity contribution is 5.40. The van der Waals surface area contributed by atoms with Crippen LogP contribution in [0, 0.1) is 17.3 Å². The first-order chi connectivity index (χ1) is 10.5. The first kappa shape index (κ1) is 14.6. The van der Waals surface area contributed by atoms with E-state index in [1.54, 1.807) is 12.7 Å². The maximum absolute atomic E-state index is 10.9. The van der Waals surface area contributed by atoms with E-state index in [-0.39, 0.29) is 5.41 Å². The van der Waals surface area contributed by atoms with Gasteiger partial charge in [-0.05, 0) is 91.9 Å². The van der Waals surface area contributed by atoms with Gasteiger partial charge in [0.15, 0.2) is 0 Å². The molecule has 4 rings (SSSR count). The van der Waals surface area contributed by atoms with Crippen LogP contribution in [0.3, 0.4) is 0 Å². The van der Waals surface area contributed by atoms with Crippen LogP contribution in [0.4, 0.5) is 0 Å². The lowest BCUT2D eigenvalue weighted by atomic mass is 9.53. The Labute approximate surface area is 133 Å². The molecule has 0 bridgehead atoms. The van der Waals surface area contributed by atoms with Gasteiger partial charge in [0.05, 0.1) is 12.7 Å². The number of rotatable bonds is 1. The summed E-state index contributed by atoms with van der Waals surface area (Å²) in [5, 5.41) is 10.9. The second-order valence-corrected chi connectivity index (χ2v) is 8.25. The Morgan fingerprint density at radius 1 is 1.14 bits per heavy atom. The van der Waals surface area contributed by atoms with Gasteiger partial charge in [-0.2, -0.15) is 0 Å². The van der Waals surface area contributed by atoms with Gasteiger partial charge in [0.1, 0.15) is 5.75 Å². The molecule has 120 valence electrons. The van der Waals surface area contributed by atoms with Crippen molar-refractivity contribution in [2.75, 3.05) is 7.11 Å². The molecule has 0 amide bonds. The molecule has 0 aromatic heterocycles. The molecule has 2 heteroatoms. The standard InChI is InChI=1S/C20H28O2/c1-19-10-8-16-15-7-5-14(22-3)12-13(15)4-6-17(16)18(19)9-11-20(19,2)21/h5,7,12,16-18,21H,4,6,8-11H2,1-3H3/t16-,17-,18+,19+,20?/m1/s1. The minimum absolute atomic E-state index is 0.123. The Bertz CT molecular complexity index is 591. The third kappa shape index (κ3) is 1.83. The van der Waals surface area contributed by atoms with Gasteiger partial charge in [0.2, 0.25) is 0 Å². The largest absolute Gasteiger partial charge is 0.497 e. The molecule has 3 aliphatic carbocycles. The van der Waals surface area contributed by atoms with Gasteiger partial charge in [0, 0.05) is 0 Å². The van der Waals surface area contributed by atoms with Gasteiger partial charge < -0.3 is 9.84 Å². The molecule has 0 spiro atoms. The summed E-state index contributed by atoms with van der Waals surface area (Å²) in [5.74, 6) is 3.13. The minimum Gasteiger partial charge on any atom is -0.497 e. The van der Waals surface area contributed by atoms with Crippen LogP contribution in [0.2, 0.25) is 0 Å². The van der Waals surface area contributed by atoms with Crippen molar-refractivity contribution in [3.05, 3.63) is 29.3 Å². The fourth-order valence-corrected chi connectivity index (χ4v) is 5.93. The number of ether oxygens (including phenoxy) is 1. The Morgan fingerprint density at radius 3 is 2.73 bits per heavy atom. The Morgan fingerprint density at radius 2 is 1.95 bits per heavy atom. The molecule has 1 aromatic carbocycles. The zero-order chi connectivity index (χ0) is 15.5. The van der Waals surface area contributed by atoms with Gasteiger partial charge in [-0.1, -0.05) is 13.0 Å². The van der Waals surface area contributed by atoms with Crippen LogP contribution in [0.15, 0.2) is 18.2 Å². The SMILES string of the molecule is COc1ccc2c(c1)CC[C@@H]1[C@@H]2CC[C@@]2(C)[C@H]1CCC2(C)O. The van der Waals surface area contributed by atoms with Crippen molar-refractivity contribution in [2.24, 2.45) is 17.3 Å². The van der Waals surface area contributed by atoms with Gasteiger partial charge in [-0.15, -0.1) is 0 Å². The van der Waals surface area contributed by atoms with Crippen molar-refractivity contribution in [3.63, 3.8) is 0 Å². The lowest BCUT2D eigenvalue weighted by Gasteiger charge is -2.52. The summed E-state index contributed by atoms with van der Waals surface area (Å²) in [6.07, 6.45) is 7.02. The quantitative estimate of drug-likeness (QED) is 0.838. The highest BCUT2D eigenvalue weighted by Gasteiger charge is 2.59. The van der Waals surface area contributed by atoms with E-state index in [0.29, 0.717) is 11.8 Å². The van der Waals surface area contributed by atoms with E-state index in [0.717, 1.165) is 24.5 Å². The number of methoxy groups -OCH3 is 1. The molecular weight excluding hydrogens is 272 g/mol. The van der Waals surface area contributed by atoms with Crippen LogP contribution >= 0.6 is 0 Å². The number of aliphatic hydroxyl groups is 1. The third-order valence-corrected chi connectivity index (χ3v) is 7.50. The Hall–Kier alpha value is -1.02. The van der Waals surface area contributed by atoms with Crippen LogP contribution in [0.1, 0.15) is 63.0 Å². The number of hydrogen-bond acceptors (Lipinski definition) is 2. The van der Waals surface area contributed by atoms with Crippen molar-refractivity contribution in [3.8, 4) is 5.75 Å². The first-order valence-electron chi connectivity index (χ1n) is 8.85. The smallest absolute Gasteiger partial charge is 0.119 e. The summed E-state index contributed by atoms with van der Waals surface area (Å²) < 4.78 is 5.40. The number of fused-ring (bicyclic) bond motifs is 5. The van der Waals surface area contributed by atoms with Gasteiger partial charge in [-0.25, -0.2) is 0 Å². The first-order valence-corrected chi connectivity index (χ1v) is 8.85. The molecule has 2 nitrogen and oxygen atoms in total. The minimum atomic E-state index is -0.469. The van der Waals surface area contributed by atoms with Gasteiger partial charge >= 0.3 is 0 Å². The van der Waals surface area contributed by atoms with E-state index in [1.807, 2.05) is 0 Å². The predicted octanol–water partition coefficient (Wildman–Crippen LogP) is 4.30. The Kier molecular flexibility index (Phi) is 3.14. The molecule has 0 radical (unpaired) electrons. The number of benzene rings is 1. The summed E-state index contributed by atoms with van der Waals surface area (Å²) in [7, 11) is 1.75. The zero-order valence-corrected chi connectivity index (χ0v) is 14.1. The molecule has 1 aromatic rings. The number of hydrogen-bond donors (Lipinski definition) is 1. The summed E-state index contributed by atoms with van der Waals surface area (Å²) >= 11 is 0. The summed E-state index contributed by atoms with van der Waals surface area (Å²) in [4.78, 5) is 0. The Balaban J connectivity index is 1.69. The van der Waals surface area contributed by atoms with E-state index < -0.39 is 5.60 Å². The second kappa shape index (κ2) is 4.74. The predicted molar refractivity (Wildman–Crippen MR) is 88.2 cm³/mol. The third-order valence-electron chi connectivity index (χ3n) is 7.50. The number of aryl methyl sites for hydroxylation is 1. The molecule has 3 aliphatic rings. The fourth-order valence-electron chi connectivity index (χ4n) is 5.93. The van der Waals surface area contributed by atoms with E-state index in [9.17, 15) is 5.11 Å². The fraction of sp³-hybridized carbons (Fsp3) is 0.700. The highest BCUT2D eigenvalue weighted by atomic mass is 16.5. The normalized spacial score (nSPS) is 43.2. The van der Waals surface area contributed by atoms with E-state index >= 15 is 0 Å². The average molecular weight is 300 g/mol. The molecule has 2 saturated carbocycles. The van der Waals surface area contributed by atoms with Crippen molar-refractivity contribution >= 4 is 0 Å². The van der Waals surface area contributed by atoms with Crippen LogP contribution in [-0.4, -0.2) is 17.8 Å². The van der Waals surface area contributed by atoms with Crippen molar-refractivity contribution in [2.45, 2.75) is 63.9 Å². The van der Waals surface area contributed by atoms with E-state index in [2.05, 4.69) is 32.0 Å². The molecule has 22 heavy (non-hydrogen) atoms. The van der Waals surface area contributed by atoms with E-state index in [4.69, 9.17) is 4.74 Å². The van der Waals surface area contributed by atoms with Crippen molar-refractivity contribution in [1.29, 1.82) is 0 Å². The van der Waals surface area contributed by atoms with Crippen LogP contribution < -0.4 is 4.74 Å². The second-order valence-electron chi connectivity index (χ2n) is 8.25. The maximum Gasteiger partial charge on any atom is 0.119 e. The summed E-state index contributed by atoms with van der Waals surface area (Å²) in [6, 6.07) is 6.67. The molecule has 5 atom stereocenters. The topological polar surface area (TPSA) is 29.5 Å². The lowest BCUT2D eigenvalue weighted by Crippen LogP contribution is -2.49. The van der Waals surface area contributed by atoms with Crippen LogP contribution in [0.25, 0.3) is 0 Å². The molecule has 1 unspecified atom stereocenters. The summed E-state index contributed by atoms with van der Waals surface area (Å²) in [5.41, 5.74) is 2.71. The lowest BCUT2D eigenvalue weighted by molar-refractivity contribution is -0.0901. The zero-order valence-electron chi connectivity index (χ0n) is 14.1. The molecule has 0 saturated heterocycles. The van der Waals surface area contributed by atoms with Gasteiger partial charge in [-0.3, -0.25) is 0 Å². The molecule has 1 N–H and O–H groups in total. The van der Waals surface area contributed by atoms with Gasteiger partial charge in [0.25, 0.3) is 0 Å². The monoisotopic (exact) mass is 300 g/mol. The summed E-state index contributed by atoms with van der Waals surface area (Å²) in [6.45, 7) is 4.43. The molecule has 2 fully saturated rings. The highest BCUT2D eigenvalue weighted by Crippen LogP contribution is 2.64. The average Bonchev–Trinajstić information content (AvgIpc) is 2.76. The maximum atomic E-state index is 10.9. The molecular formula is C20H28O2. The molecule has 0 heterocycles. The van der Waals surface area contributed by atoms with E-state index in [1.165, 1.54) is 31.2 Å².